The van der Waals surface area contributed by atoms with Gasteiger partial charge < -0.3 is 19.9 Å². The van der Waals surface area contributed by atoms with E-state index in [1.165, 1.54) is 25.5 Å². The number of fused-ring (bicyclic) bond motifs is 3. The number of aromatic nitrogens is 2. The van der Waals surface area contributed by atoms with Gasteiger partial charge in [0.25, 0.3) is 5.91 Å². The summed E-state index contributed by atoms with van der Waals surface area (Å²) in [4.78, 5) is 24.7. The van der Waals surface area contributed by atoms with Gasteiger partial charge >= 0.3 is 0 Å². The molecule has 4 aromatic carbocycles. The molecule has 8 heteroatoms. The van der Waals surface area contributed by atoms with Gasteiger partial charge in [0.15, 0.2) is 6.29 Å². The Balaban J connectivity index is 0.993. The summed E-state index contributed by atoms with van der Waals surface area (Å²) in [6, 6.07) is 32.8. The molecule has 52 heavy (non-hydrogen) atoms. The lowest BCUT2D eigenvalue weighted by Crippen LogP contribution is -2.42. The molecular weight excluding hydrogens is 649 g/mol. The summed E-state index contributed by atoms with van der Waals surface area (Å²) in [5, 5.41) is 12.7. The number of nitrogens with zero attached hydrogens (tertiary/aromatic N) is 3. The van der Waals surface area contributed by atoms with Gasteiger partial charge in [-0.1, -0.05) is 106 Å². The molecule has 5 atom stereocenters. The molecule has 1 saturated carbocycles. The molecule has 268 valence electrons. The first kappa shape index (κ1) is 34.6. The molecular formula is C44H48N4O4. The number of amides is 1. The number of likely N-dealkylation sites (tertiary alicyclic amines) is 1. The number of carbonyl (C=O) groups excluding carboxylic acids is 1. The molecule has 2 bridgehead atoms. The number of aliphatic hydroxyl groups excluding tert-OH is 1. The highest BCUT2D eigenvalue weighted by atomic mass is 16.7. The minimum atomic E-state index is -0.512. The molecule has 3 fully saturated rings. The van der Waals surface area contributed by atoms with E-state index in [-0.39, 0.29) is 24.7 Å². The fourth-order valence-electron chi connectivity index (χ4n) is 9.19. The topological polar surface area (TPSA) is 96.8 Å². The van der Waals surface area contributed by atoms with Crippen molar-refractivity contribution in [3.05, 3.63) is 131 Å². The van der Waals surface area contributed by atoms with Crippen molar-refractivity contribution in [2.45, 2.75) is 84.1 Å². The Bertz CT molecular complexity index is 2050. The van der Waals surface area contributed by atoms with E-state index >= 15 is 0 Å². The van der Waals surface area contributed by atoms with Crippen LogP contribution in [0.25, 0.3) is 22.2 Å². The van der Waals surface area contributed by atoms with Gasteiger partial charge in [-0.25, -0.2) is 4.98 Å². The number of rotatable bonds is 9. The minimum absolute atomic E-state index is 0.0173. The predicted octanol–water partition coefficient (Wildman–Crippen LogP) is 8.17. The van der Waals surface area contributed by atoms with Gasteiger partial charge in [-0.05, 0) is 70.0 Å². The van der Waals surface area contributed by atoms with E-state index in [1.54, 1.807) is 0 Å². The Hall–Kier alpha value is -4.47. The van der Waals surface area contributed by atoms with Crippen molar-refractivity contribution in [1.29, 1.82) is 0 Å². The highest BCUT2D eigenvalue weighted by Crippen LogP contribution is 2.53. The highest BCUT2D eigenvalue weighted by molar-refractivity contribution is 5.93. The van der Waals surface area contributed by atoms with Crippen LogP contribution in [0, 0.1) is 10.8 Å². The van der Waals surface area contributed by atoms with Crippen LogP contribution in [0.1, 0.15) is 91.6 Å². The summed E-state index contributed by atoms with van der Waals surface area (Å²) in [5.74, 6) is -0.264. The molecule has 8 rings (SSSR count). The molecule has 5 aromatic rings. The molecule has 0 radical (unpaired) electrons. The second kappa shape index (κ2) is 14.2. The first-order valence-corrected chi connectivity index (χ1v) is 18.6. The standard InChI is InChI=1S/C44H48N4O4/c1-43(2)21-34-22-44(3,27-43)28-48(34)25-35-20-40(31-14-12-29(26-49)13-15-31)52-42(51-35)32-18-16-30(17-19-32)36-9-5-4-8-33(36)23-46-41(50)39-24-45-37-10-6-7-11-38(37)47-39/h4-19,24,34-35,40,42,49H,20-23,25-28H2,1-3H3,(H,46,50)/t34?,35-,40+,42+,44?/m1/s1. The van der Waals surface area contributed by atoms with Gasteiger partial charge in [-0.3, -0.25) is 14.7 Å². The lowest BCUT2D eigenvalue weighted by atomic mass is 9.65. The molecule has 2 aliphatic heterocycles. The molecule has 1 aliphatic carbocycles. The van der Waals surface area contributed by atoms with Crippen LogP contribution in [0.4, 0.5) is 0 Å². The zero-order valence-electron chi connectivity index (χ0n) is 30.3. The maximum atomic E-state index is 13.1. The Labute approximate surface area is 306 Å². The predicted molar refractivity (Wildman–Crippen MR) is 202 cm³/mol. The lowest BCUT2D eigenvalue weighted by Gasteiger charge is -2.41. The van der Waals surface area contributed by atoms with Crippen molar-refractivity contribution < 1.29 is 19.4 Å². The molecule has 1 amide bonds. The van der Waals surface area contributed by atoms with Crippen LogP contribution in [-0.4, -0.2) is 51.1 Å². The highest BCUT2D eigenvalue weighted by Gasteiger charge is 2.50. The number of para-hydroxylation sites is 2. The van der Waals surface area contributed by atoms with Crippen LogP contribution >= 0.6 is 0 Å². The molecule has 3 aliphatic rings. The lowest BCUT2D eigenvalue weighted by molar-refractivity contribution is -0.253. The van der Waals surface area contributed by atoms with Crippen molar-refractivity contribution in [3.8, 4) is 11.1 Å². The van der Waals surface area contributed by atoms with E-state index in [9.17, 15) is 9.90 Å². The van der Waals surface area contributed by atoms with Crippen molar-refractivity contribution in [3.63, 3.8) is 0 Å². The third kappa shape index (κ3) is 7.39. The second-order valence-corrected chi connectivity index (χ2v) is 16.2. The van der Waals surface area contributed by atoms with Gasteiger partial charge in [-0.2, -0.15) is 0 Å². The fraction of sp³-hybridized carbons (Fsp3) is 0.386. The number of nitrogens with one attached hydrogen (secondary N) is 1. The zero-order valence-corrected chi connectivity index (χ0v) is 30.3. The molecule has 2 saturated heterocycles. The number of hydrogen-bond donors (Lipinski definition) is 2. The monoisotopic (exact) mass is 696 g/mol. The van der Waals surface area contributed by atoms with Crippen molar-refractivity contribution in [2.75, 3.05) is 13.1 Å². The van der Waals surface area contributed by atoms with Gasteiger partial charge in [0, 0.05) is 37.7 Å². The smallest absolute Gasteiger partial charge is 0.271 e. The summed E-state index contributed by atoms with van der Waals surface area (Å²) >= 11 is 0. The summed E-state index contributed by atoms with van der Waals surface area (Å²) in [6.07, 6.45) is 5.44. The molecule has 1 aromatic heterocycles. The SMILES string of the molecule is CC1(C)CC2CC(C)(CN2C[C@H]2C[C@@H](c3ccc(CO)cc3)O[C@@H](c3ccc(-c4ccccc4CNC(=O)c4cnc5ccccc5n4)cc3)O2)C1. The number of ether oxygens (including phenoxy) is 2. The Morgan fingerprint density at radius 3 is 2.40 bits per heavy atom. The van der Waals surface area contributed by atoms with Crippen molar-refractivity contribution >= 4 is 16.9 Å². The number of benzene rings is 4. The fourth-order valence-corrected chi connectivity index (χ4v) is 9.19. The molecule has 8 nitrogen and oxygen atoms in total. The van der Waals surface area contributed by atoms with E-state index in [2.05, 4.69) is 83.4 Å². The number of aliphatic hydroxyl groups is 1. The Morgan fingerprint density at radius 1 is 0.885 bits per heavy atom. The summed E-state index contributed by atoms with van der Waals surface area (Å²) < 4.78 is 13.5. The number of carbonyl (C=O) groups is 1. The number of hydrogen-bond acceptors (Lipinski definition) is 7. The van der Waals surface area contributed by atoms with Crippen LogP contribution in [0.3, 0.4) is 0 Å². The average Bonchev–Trinajstić information content (AvgIpc) is 3.40. The zero-order chi connectivity index (χ0) is 35.9. The van der Waals surface area contributed by atoms with E-state index < -0.39 is 6.29 Å². The third-order valence-corrected chi connectivity index (χ3v) is 11.2. The maximum Gasteiger partial charge on any atom is 0.271 e. The van der Waals surface area contributed by atoms with E-state index in [4.69, 9.17) is 9.47 Å². The average molecular weight is 697 g/mol. The maximum absolute atomic E-state index is 13.1. The van der Waals surface area contributed by atoms with Gasteiger partial charge in [-0.15, -0.1) is 0 Å². The molecule has 2 unspecified atom stereocenters. The third-order valence-electron chi connectivity index (χ3n) is 11.2. The normalized spacial score (nSPS) is 25.6. The Morgan fingerprint density at radius 2 is 1.62 bits per heavy atom. The quantitative estimate of drug-likeness (QED) is 0.161. The molecule has 3 heterocycles. The van der Waals surface area contributed by atoms with Crippen LogP contribution in [-0.2, 0) is 22.6 Å². The van der Waals surface area contributed by atoms with Crippen LogP contribution < -0.4 is 5.32 Å². The van der Waals surface area contributed by atoms with E-state index in [1.807, 2.05) is 54.6 Å². The van der Waals surface area contributed by atoms with Crippen LogP contribution in [0.5, 0.6) is 0 Å². The van der Waals surface area contributed by atoms with Crippen LogP contribution in [0.2, 0.25) is 0 Å². The first-order chi connectivity index (χ1) is 25.1. The van der Waals surface area contributed by atoms with Gasteiger partial charge in [0.1, 0.15) is 5.69 Å². The Kier molecular flexibility index (Phi) is 9.42. The van der Waals surface area contributed by atoms with Crippen molar-refractivity contribution in [1.82, 2.24) is 20.2 Å². The minimum Gasteiger partial charge on any atom is -0.392 e. The molecule has 2 N–H and O–H groups in total. The second-order valence-electron chi connectivity index (χ2n) is 16.2. The van der Waals surface area contributed by atoms with Gasteiger partial charge in [0.2, 0.25) is 0 Å². The summed E-state index contributed by atoms with van der Waals surface area (Å²) in [5.41, 5.74) is 8.51. The van der Waals surface area contributed by atoms with Gasteiger partial charge in [0.05, 0.1) is 36.0 Å². The van der Waals surface area contributed by atoms with E-state index in [0.717, 1.165) is 58.4 Å². The largest absolute Gasteiger partial charge is 0.392 e. The van der Waals surface area contributed by atoms with Crippen LogP contribution in [0.15, 0.2) is 103 Å². The first-order valence-electron chi connectivity index (χ1n) is 18.6. The van der Waals surface area contributed by atoms with E-state index in [0.29, 0.717) is 34.6 Å². The summed E-state index contributed by atoms with van der Waals surface area (Å²) in [7, 11) is 0. The summed E-state index contributed by atoms with van der Waals surface area (Å²) in [6.45, 7) is 9.70. The van der Waals surface area contributed by atoms with Crippen molar-refractivity contribution in [2.24, 2.45) is 10.8 Å². The molecule has 0 spiro atoms.